The van der Waals surface area contributed by atoms with Crippen molar-refractivity contribution in [1.82, 2.24) is 0 Å². The van der Waals surface area contributed by atoms with E-state index in [1.807, 2.05) is 26.0 Å². The lowest BCUT2D eigenvalue weighted by molar-refractivity contribution is -0.118. The summed E-state index contributed by atoms with van der Waals surface area (Å²) < 4.78 is 0. The van der Waals surface area contributed by atoms with Crippen molar-refractivity contribution >= 4 is 5.91 Å². The Morgan fingerprint density at radius 2 is 2.00 bits per heavy atom. The normalized spacial score (nSPS) is 12.0. The highest BCUT2D eigenvalue weighted by Crippen LogP contribution is 1.98. The van der Waals surface area contributed by atoms with E-state index in [-0.39, 0.29) is 12.0 Å². The van der Waals surface area contributed by atoms with Crippen LogP contribution in [0.4, 0.5) is 0 Å². The lowest BCUT2D eigenvalue weighted by Crippen LogP contribution is -2.09. The van der Waals surface area contributed by atoms with Gasteiger partial charge in [0.15, 0.2) is 0 Å². The lowest BCUT2D eigenvalue weighted by Gasteiger charge is -1.96. The zero-order valence-corrected chi connectivity index (χ0v) is 9.49. The molecule has 0 fully saturated rings. The first-order valence-corrected chi connectivity index (χ1v) is 5.24. The van der Waals surface area contributed by atoms with Crippen molar-refractivity contribution in [2.24, 2.45) is 5.73 Å². The molecule has 84 valence electrons. The summed E-state index contributed by atoms with van der Waals surface area (Å²) in [4.78, 5) is 10.3. The fraction of sp³-hybridized carbons (Fsp3) is 0.727. The molecule has 0 spiro atoms. The molecule has 0 aliphatic rings. The molecule has 14 heavy (non-hydrogen) atoms. The summed E-state index contributed by atoms with van der Waals surface area (Å²) in [6, 6.07) is 0. The maximum atomic E-state index is 10.3. The number of aliphatic hydroxyl groups excluding tert-OH is 1. The van der Waals surface area contributed by atoms with Crippen LogP contribution in [0, 0.1) is 0 Å². The zero-order chi connectivity index (χ0) is 11.4. The highest BCUT2D eigenvalue weighted by molar-refractivity contribution is 5.73. The number of hydrogen-bond donors (Lipinski definition) is 2. The summed E-state index contributed by atoms with van der Waals surface area (Å²) in [6.07, 6.45) is 6.38. The van der Waals surface area contributed by atoms with Crippen molar-refractivity contribution in [2.45, 2.75) is 52.6 Å². The molecule has 3 N–H and O–H groups in total. The highest BCUT2D eigenvalue weighted by Gasteiger charge is 1.91. The van der Waals surface area contributed by atoms with Gasteiger partial charge in [-0.3, -0.25) is 4.79 Å². The molecule has 0 saturated heterocycles. The Morgan fingerprint density at radius 1 is 1.43 bits per heavy atom. The van der Waals surface area contributed by atoms with Gasteiger partial charge in [-0.05, 0) is 26.2 Å². The minimum atomic E-state index is -0.280. The minimum absolute atomic E-state index is 0.251. The first kappa shape index (κ1) is 15.6. The molecule has 1 unspecified atom stereocenters. The molecule has 0 radical (unpaired) electrons. The number of nitrogens with two attached hydrogens (primary N) is 1. The number of aliphatic hydroxyl groups is 1. The van der Waals surface area contributed by atoms with E-state index >= 15 is 0 Å². The Balaban J connectivity index is 0. The average Bonchev–Trinajstić information content (AvgIpc) is 2.13. The summed E-state index contributed by atoms with van der Waals surface area (Å²) in [7, 11) is 0. The Labute approximate surface area is 87.0 Å². The Kier molecular flexibility index (Phi) is 13.6. The van der Waals surface area contributed by atoms with Crippen LogP contribution in [0.3, 0.4) is 0 Å². The topological polar surface area (TPSA) is 63.3 Å². The molecule has 0 aliphatic carbocycles. The molecular formula is C11H23NO2. The van der Waals surface area contributed by atoms with Crippen LogP contribution in [-0.2, 0) is 4.79 Å². The average molecular weight is 201 g/mol. The second-order valence-electron chi connectivity index (χ2n) is 2.91. The van der Waals surface area contributed by atoms with Crippen LogP contribution in [-0.4, -0.2) is 17.1 Å². The number of hydrogen-bond acceptors (Lipinski definition) is 2. The van der Waals surface area contributed by atoms with Crippen LogP contribution >= 0.6 is 0 Å². The summed E-state index contributed by atoms with van der Waals surface area (Å²) in [6.45, 7) is 5.74. The summed E-state index contributed by atoms with van der Waals surface area (Å²) >= 11 is 0. The van der Waals surface area contributed by atoms with Crippen molar-refractivity contribution in [3.63, 3.8) is 0 Å². The van der Waals surface area contributed by atoms with Crippen LogP contribution < -0.4 is 5.73 Å². The Bertz CT molecular complexity index is 153. The number of carbonyl (C=O) groups excluding carboxylic acids is 1. The molecular weight excluding hydrogens is 178 g/mol. The summed E-state index contributed by atoms with van der Waals surface area (Å²) in [5.74, 6) is -0.251. The largest absolute Gasteiger partial charge is 0.393 e. The second kappa shape index (κ2) is 12.2. The highest BCUT2D eigenvalue weighted by atomic mass is 16.3. The van der Waals surface area contributed by atoms with Gasteiger partial charge >= 0.3 is 0 Å². The third-order valence-electron chi connectivity index (χ3n) is 1.44. The molecule has 3 nitrogen and oxygen atoms in total. The molecule has 1 atom stereocenters. The van der Waals surface area contributed by atoms with E-state index in [0.29, 0.717) is 12.8 Å². The van der Waals surface area contributed by atoms with Crippen molar-refractivity contribution in [1.29, 1.82) is 0 Å². The first-order chi connectivity index (χ1) is 6.63. The van der Waals surface area contributed by atoms with Gasteiger partial charge in [0, 0.05) is 6.42 Å². The van der Waals surface area contributed by atoms with Gasteiger partial charge in [-0.1, -0.05) is 26.0 Å². The number of carbonyl (C=O) groups is 1. The quantitative estimate of drug-likeness (QED) is 0.510. The van der Waals surface area contributed by atoms with Gasteiger partial charge in [0.05, 0.1) is 6.10 Å². The van der Waals surface area contributed by atoms with Gasteiger partial charge in [0.2, 0.25) is 5.91 Å². The van der Waals surface area contributed by atoms with Gasteiger partial charge in [0.25, 0.3) is 0 Å². The number of primary amides is 1. The monoisotopic (exact) mass is 201 g/mol. The number of amides is 1. The van der Waals surface area contributed by atoms with E-state index in [1.165, 1.54) is 0 Å². The fourth-order valence-electron chi connectivity index (χ4n) is 0.805. The van der Waals surface area contributed by atoms with E-state index in [4.69, 9.17) is 10.8 Å². The molecule has 1 amide bonds. The van der Waals surface area contributed by atoms with Gasteiger partial charge in [-0.2, -0.15) is 0 Å². The molecule has 0 bridgehead atoms. The van der Waals surface area contributed by atoms with E-state index < -0.39 is 0 Å². The molecule has 0 aromatic heterocycles. The van der Waals surface area contributed by atoms with E-state index in [1.54, 1.807) is 6.92 Å². The Morgan fingerprint density at radius 3 is 2.43 bits per heavy atom. The standard InChI is InChI=1S/C9H17NO2.C2H6/c1-8(11)6-4-2-3-5-7-9(10)12;1-2/h2,4,8,11H,3,5-7H2,1H3,(H2,10,12);1-2H3/b4-2+;. The molecule has 0 saturated carbocycles. The predicted molar refractivity (Wildman–Crippen MR) is 59.8 cm³/mol. The number of rotatable bonds is 6. The third-order valence-corrected chi connectivity index (χ3v) is 1.44. The van der Waals surface area contributed by atoms with Gasteiger partial charge in [-0.15, -0.1) is 0 Å². The molecule has 0 heterocycles. The maximum Gasteiger partial charge on any atom is 0.217 e. The second-order valence-corrected chi connectivity index (χ2v) is 2.91. The summed E-state index contributed by atoms with van der Waals surface area (Å²) in [5, 5.41) is 8.87. The lowest BCUT2D eigenvalue weighted by atomic mass is 10.2. The predicted octanol–water partition coefficient (Wildman–Crippen LogP) is 2.00. The fourth-order valence-corrected chi connectivity index (χ4v) is 0.805. The molecule has 0 aromatic carbocycles. The van der Waals surface area contributed by atoms with E-state index in [9.17, 15) is 4.79 Å². The van der Waals surface area contributed by atoms with E-state index in [0.717, 1.165) is 12.8 Å². The smallest absolute Gasteiger partial charge is 0.217 e. The number of unbranched alkanes of at least 4 members (excludes halogenated alkanes) is 1. The Hall–Kier alpha value is -0.830. The summed E-state index contributed by atoms with van der Waals surface area (Å²) in [5.41, 5.74) is 4.95. The van der Waals surface area contributed by atoms with Crippen LogP contribution in [0.1, 0.15) is 46.5 Å². The van der Waals surface area contributed by atoms with Crippen LogP contribution in [0.15, 0.2) is 12.2 Å². The van der Waals surface area contributed by atoms with Crippen molar-refractivity contribution in [3.05, 3.63) is 12.2 Å². The van der Waals surface area contributed by atoms with Gasteiger partial charge in [-0.25, -0.2) is 0 Å². The first-order valence-electron chi connectivity index (χ1n) is 5.24. The van der Waals surface area contributed by atoms with Crippen LogP contribution in [0.5, 0.6) is 0 Å². The molecule has 3 heteroatoms. The zero-order valence-electron chi connectivity index (χ0n) is 9.49. The van der Waals surface area contributed by atoms with Crippen molar-refractivity contribution in [3.8, 4) is 0 Å². The molecule has 0 rings (SSSR count). The number of allylic oxidation sites excluding steroid dienone is 1. The third kappa shape index (κ3) is 17.3. The van der Waals surface area contributed by atoms with Crippen molar-refractivity contribution < 1.29 is 9.90 Å². The molecule has 0 aliphatic heterocycles. The SMILES string of the molecule is CC.CC(O)C/C=C/CCCC(N)=O. The maximum absolute atomic E-state index is 10.3. The minimum Gasteiger partial charge on any atom is -0.393 e. The van der Waals surface area contributed by atoms with Crippen LogP contribution in [0.25, 0.3) is 0 Å². The van der Waals surface area contributed by atoms with Gasteiger partial charge in [0.1, 0.15) is 0 Å². The van der Waals surface area contributed by atoms with Crippen molar-refractivity contribution in [2.75, 3.05) is 0 Å². The molecule has 0 aromatic rings. The van der Waals surface area contributed by atoms with Crippen LogP contribution in [0.2, 0.25) is 0 Å². The van der Waals surface area contributed by atoms with E-state index in [2.05, 4.69) is 0 Å². The van der Waals surface area contributed by atoms with Gasteiger partial charge < -0.3 is 10.8 Å².